The topological polar surface area (TPSA) is 112 Å². The molecule has 1 saturated heterocycles. The van der Waals surface area contributed by atoms with Crippen LogP contribution in [0, 0.1) is 0 Å². The fraction of sp³-hybridized carbons (Fsp3) is 0.222. The number of hydrogen-bond acceptors (Lipinski definition) is 5. The predicted molar refractivity (Wildman–Crippen MR) is 106 cm³/mol. The molecule has 0 radical (unpaired) electrons. The maximum Gasteiger partial charge on any atom is 0.323 e. The molecule has 9 heteroatoms. The second-order valence-electron chi connectivity index (χ2n) is 6.43. The number of aromatic amines is 2. The average molecular weight is 403 g/mol. The number of H-pyrrole nitrogens is 2. The number of hydrogen-bond donors (Lipinski definition) is 3. The number of thioether (sulfide) groups is 1. The number of aromatic nitrogens is 2. The minimum absolute atomic E-state index is 0.0368. The highest BCUT2D eigenvalue weighted by Crippen LogP contribution is 2.33. The molecule has 1 aliphatic rings. The van der Waals surface area contributed by atoms with Crippen molar-refractivity contribution in [2.45, 2.75) is 16.6 Å². The Morgan fingerprint density at radius 3 is 2.67 bits per heavy atom. The number of amides is 1. The van der Waals surface area contributed by atoms with Gasteiger partial charge in [-0.05, 0) is 36.8 Å². The van der Waals surface area contributed by atoms with Crippen LogP contribution in [-0.4, -0.2) is 41.0 Å². The van der Waals surface area contributed by atoms with Crippen LogP contribution in [-0.2, 0) is 9.84 Å². The summed E-state index contributed by atoms with van der Waals surface area (Å²) < 4.78 is 23.4. The molecule has 3 aromatic rings. The molecule has 1 fully saturated rings. The Bertz CT molecular complexity index is 1180. The van der Waals surface area contributed by atoms with E-state index in [0.29, 0.717) is 28.7 Å². The molecule has 1 aliphatic heterocycles. The van der Waals surface area contributed by atoms with Crippen molar-refractivity contribution in [3.05, 3.63) is 58.5 Å². The van der Waals surface area contributed by atoms with Crippen molar-refractivity contribution in [1.29, 1.82) is 0 Å². The second kappa shape index (κ2) is 6.90. The molecule has 0 bridgehead atoms. The van der Waals surface area contributed by atoms with Crippen LogP contribution in [0.4, 0.5) is 5.69 Å². The Kier molecular flexibility index (Phi) is 4.56. The largest absolute Gasteiger partial charge is 0.323 e. The van der Waals surface area contributed by atoms with Gasteiger partial charge >= 0.3 is 5.69 Å². The Morgan fingerprint density at radius 1 is 1.11 bits per heavy atom. The minimum Gasteiger partial charge on any atom is -0.322 e. The Balaban J connectivity index is 1.55. The highest BCUT2D eigenvalue weighted by molar-refractivity contribution is 8.02. The van der Waals surface area contributed by atoms with Crippen molar-refractivity contribution >= 4 is 44.2 Å². The van der Waals surface area contributed by atoms with E-state index in [9.17, 15) is 18.0 Å². The smallest absolute Gasteiger partial charge is 0.322 e. The molecular formula is C18H17N3O4S2. The van der Waals surface area contributed by atoms with Crippen LogP contribution in [0.3, 0.4) is 0 Å². The van der Waals surface area contributed by atoms with Crippen LogP contribution < -0.4 is 11.0 Å². The zero-order chi connectivity index (χ0) is 19.0. The number of anilines is 1. The van der Waals surface area contributed by atoms with E-state index in [2.05, 4.69) is 15.3 Å². The highest BCUT2D eigenvalue weighted by Gasteiger charge is 2.29. The standard InChI is InChI=1S/C18H17N3O4S2/c22-17(19-11-5-6-14-15(9-11)21-18(23)20-14)13-3-1-2-4-16(13)26-12-7-8-27(24,25)10-12/h1-6,9,12H,7-8,10H2,(H,19,22)(H2,20,21,23)/t12-/m1/s1. The number of benzene rings is 2. The van der Waals surface area contributed by atoms with Gasteiger partial charge in [0.25, 0.3) is 5.91 Å². The fourth-order valence-electron chi connectivity index (χ4n) is 3.10. The Morgan fingerprint density at radius 2 is 1.89 bits per heavy atom. The third-order valence-electron chi connectivity index (χ3n) is 4.39. The highest BCUT2D eigenvalue weighted by atomic mass is 32.2. The summed E-state index contributed by atoms with van der Waals surface area (Å²) in [5.74, 6) is 0.0650. The summed E-state index contributed by atoms with van der Waals surface area (Å²) in [5.41, 5.74) is 2.02. The van der Waals surface area contributed by atoms with Gasteiger partial charge in [0.2, 0.25) is 0 Å². The van der Waals surface area contributed by atoms with Crippen LogP contribution in [0.15, 0.2) is 52.2 Å². The van der Waals surface area contributed by atoms with Crippen molar-refractivity contribution < 1.29 is 13.2 Å². The number of sulfone groups is 1. The molecule has 1 aromatic heterocycles. The van der Waals surface area contributed by atoms with Gasteiger partial charge in [-0.3, -0.25) is 4.79 Å². The van der Waals surface area contributed by atoms with Crippen molar-refractivity contribution in [1.82, 2.24) is 9.97 Å². The summed E-state index contributed by atoms with van der Waals surface area (Å²) in [6.07, 6.45) is 0.598. The van der Waals surface area contributed by atoms with E-state index in [1.165, 1.54) is 11.8 Å². The predicted octanol–water partition coefficient (Wildman–Crippen LogP) is 2.39. The van der Waals surface area contributed by atoms with Crippen LogP contribution in [0.25, 0.3) is 11.0 Å². The molecule has 1 amide bonds. The molecule has 140 valence electrons. The molecule has 2 aromatic carbocycles. The van der Waals surface area contributed by atoms with Crippen LogP contribution in [0.1, 0.15) is 16.8 Å². The van der Waals surface area contributed by atoms with Gasteiger partial charge in [-0.25, -0.2) is 13.2 Å². The lowest BCUT2D eigenvalue weighted by atomic mass is 10.2. The molecule has 0 spiro atoms. The first kappa shape index (κ1) is 17.9. The Hall–Kier alpha value is -2.52. The van der Waals surface area contributed by atoms with E-state index in [1.54, 1.807) is 30.3 Å². The molecule has 4 rings (SSSR count). The zero-order valence-corrected chi connectivity index (χ0v) is 15.8. The third kappa shape index (κ3) is 3.93. The van der Waals surface area contributed by atoms with Crippen molar-refractivity contribution in [3.63, 3.8) is 0 Å². The molecule has 0 saturated carbocycles. The molecule has 27 heavy (non-hydrogen) atoms. The first-order valence-electron chi connectivity index (χ1n) is 8.39. The van der Waals surface area contributed by atoms with E-state index < -0.39 is 9.84 Å². The maximum atomic E-state index is 12.8. The van der Waals surface area contributed by atoms with Gasteiger partial charge in [-0.1, -0.05) is 12.1 Å². The number of fused-ring (bicyclic) bond motifs is 1. The lowest BCUT2D eigenvalue weighted by molar-refractivity contribution is 0.102. The number of imidazole rings is 1. The lowest BCUT2D eigenvalue weighted by Gasteiger charge is -2.12. The molecular weight excluding hydrogens is 386 g/mol. The summed E-state index contributed by atoms with van der Waals surface area (Å²) in [6.45, 7) is 0. The van der Waals surface area contributed by atoms with Crippen LogP contribution >= 0.6 is 11.8 Å². The molecule has 1 atom stereocenters. The van der Waals surface area contributed by atoms with E-state index in [-0.39, 0.29) is 28.4 Å². The molecule has 0 aliphatic carbocycles. The van der Waals surface area contributed by atoms with Gasteiger partial charge < -0.3 is 15.3 Å². The number of carbonyl (C=O) groups excluding carboxylic acids is 1. The van der Waals surface area contributed by atoms with Crippen LogP contribution in [0.5, 0.6) is 0 Å². The Labute approximate surface area is 159 Å². The van der Waals surface area contributed by atoms with Gasteiger partial charge in [0.15, 0.2) is 9.84 Å². The summed E-state index contributed by atoms with van der Waals surface area (Å²) in [4.78, 5) is 30.2. The van der Waals surface area contributed by atoms with Crippen LogP contribution in [0.2, 0.25) is 0 Å². The van der Waals surface area contributed by atoms with Crippen molar-refractivity contribution in [2.24, 2.45) is 0 Å². The second-order valence-corrected chi connectivity index (χ2v) is 10.0. The first-order valence-corrected chi connectivity index (χ1v) is 11.1. The summed E-state index contributed by atoms with van der Waals surface area (Å²) >= 11 is 1.43. The summed E-state index contributed by atoms with van der Waals surface area (Å²) in [5, 5.41) is 2.80. The number of nitrogens with one attached hydrogen (secondary N) is 3. The molecule has 0 unspecified atom stereocenters. The van der Waals surface area contributed by atoms with E-state index >= 15 is 0 Å². The van der Waals surface area contributed by atoms with Gasteiger partial charge in [-0.2, -0.15) is 0 Å². The van der Waals surface area contributed by atoms with Gasteiger partial charge in [0, 0.05) is 15.8 Å². The normalized spacial score (nSPS) is 18.6. The lowest BCUT2D eigenvalue weighted by Crippen LogP contribution is -2.14. The van der Waals surface area contributed by atoms with E-state index in [1.807, 2.05) is 12.1 Å². The zero-order valence-electron chi connectivity index (χ0n) is 14.2. The van der Waals surface area contributed by atoms with E-state index in [4.69, 9.17) is 0 Å². The SMILES string of the molecule is O=C(Nc1ccc2[nH]c(=O)[nH]c2c1)c1ccccc1S[C@@H]1CCS(=O)(=O)C1. The van der Waals surface area contributed by atoms with Crippen molar-refractivity contribution in [2.75, 3.05) is 16.8 Å². The van der Waals surface area contributed by atoms with Gasteiger partial charge in [-0.15, -0.1) is 11.8 Å². The summed E-state index contributed by atoms with van der Waals surface area (Å²) in [6, 6.07) is 12.3. The summed E-state index contributed by atoms with van der Waals surface area (Å²) in [7, 11) is -2.97. The quantitative estimate of drug-likeness (QED) is 0.619. The third-order valence-corrected chi connectivity index (χ3v) is 7.71. The first-order chi connectivity index (χ1) is 12.9. The minimum atomic E-state index is -2.97. The fourth-order valence-corrected chi connectivity index (χ4v) is 6.73. The monoisotopic (exact) mass is 403 g/mol. The van der Waals surface area contributed by atoms with E-state index in [0.717, 1.165) is 4.90 Å². The van der Waals surface area contributed by atoms with Gasteiger partial charge in [0.1, 0.15) is 0 Å². The average Bonchev–Trinajstić information content (AvgIpc) is 3.15. The molecule has 2 heterocycles. The maximum absolute atomic E-state index is 12.8. The molecule has 3 N–H and O–H groups in total. The number of rotatable bonds is 4. The number of carbonyl (C=O) groups is 1. The van der Waals surface area contributed by atoms with Crippen molar-refractivity contribution in [3.8, 4) is 0 Å². The van der Waals surface area contributed by atoms with Gasteiger partial charge in [0.05, 0.1) is 28.1 Å². The molecule has 7 nitrogen and oxygen atoms in total.